The Labute approximate surface area is 80.1 Å². The molecule has 1 amide bonds. The Morgan fingerprint density at radius 1 is 1.29 bits per heavy atom. The number of primary amides is 1. The molecule has 0 atom stereocenters. The van der Waals surface area contributed by atoms with Crippen molar-refractivity contribution in [2.75, 3.05) is 6.61 Å². The second kappa shape index (κ2) is 4.27. The molecule has 1 aromatic carbocycles. The van der Waals surface area contributed by atoms with Crippen molar-refractivity contribution in [1.29, 1.82) is 0 Å². The van der Waals surface area contributed by atoms with Crippen molar-refractivity contribution in [3.8, 4) is 5.75 Å². The first kappa shape index (κ1) is 10.0. The molecule has 3 N–H and O–H groups in total. The van der Waals surface area contributed by atoms with Gasteiger partial charge in [0.1, 0.15) is 5.75 Å². The van der Waals surface area contributed by atoms with Crippen LogP contribution in [0.15, 0.2) is 24.3 Å². The number of carbonyl (C=O) groups excluding carboxylic acids is 1. The Bertz CT molecular complexity index is 344. The van der Waals surface area contributed by atoms with Crippen molar-refractivity contribution in [3.63, 3.8) is 0 Å². The molecule has 0 unspecified atom stereocenters. The molecule has 1 aromatic rings. The number of benzene rings is 1. The number of carbonyl (C=O) groups is 2. The zero-order chi connectivity index (χ0) is 10.6. The van der Waals surface area contributed by atoms with Crippen LogP contribution in [-0.4, -0.2) is 23.6 Å². The maximum atomic E-state index is 10.7. The van der Waals surface area contributed by atoms with E-state index in [4.69, 9.17) is 15.6 Å². The monoisotopic (exact) mass is 195 g/mol. The summed E-state index contributed by atoms with van der Waals surface area (Å²) < 4.78 is 4.85. The van der Waals surface area contributed by atoms with Crippen LogP contribution < -0.4 is 10.5 Å². The maximum absolute atomic E-state index is 10.7. The number of hydrogen-bond acceptors (Lipinski definition) is 3. The molecule has 0 spiro atoms. The molecule has 0 saturated heterocycles. The van der Waals surface area contributed by atoms with Crippen LogP contribution >= 0.6 is 0 Å². The first-order valence-electron chi connectivity index (χ1n) is 3.84. The summed E-state index contributed by atoms with van der Waals surface area (Å²) in [4.78, 5) is 20.8. The fourth-order valence-electron chi connectivity index (χ4n) is 0.860. The summed E-state index contributed by atoms with van der Waals surface area (Å²) in [6.07, 6.45) is 0. The Morgan fingerprint density at radius 3 is 2.29 bits per heavy atom. The Hall–Kier alpha value is -2.04. The molecule has 0 aliphatic heterocycles. The van der Waals surface area contributed by atoms with E-state index in [0.717, 1.165) is 0 Å². The number of carboxylic acids is 1. The van der Waals surface area contributed by atoms with E-state index in [0.29, 0.717) is 11.3 Å². The lowest BCUT2D eigenvalue weighted by atomic mass is 10.2. The van der Waals surface area contributed by atoms with Crippen molar-refractivity contribution < 1.29 is 19.4 Å². The highest BCUT2D eigenvalue weighted by atomic mass is 16.5. The van der Waals surface area contributed by atoms with Crippen molar-refractivity contribution >= 4 is 11.9 Å². The van der Waals surface area contributed by atoms with Gasteiger partial charge in [-0.3, -0.25) is 4.79 Å². The molecule has 14 heavy (non-hydrogen) atoms. The largest absolute Gasteiger partial charge is 0.482 e. The highest BCUT2D eigenvalue weighted by Crippen LogP contribution is 2.11. The van der Waals surface area contributed by atoms with Gasteiger partial charge in [-0.25, -0.2) is 4.79 Å². The summed E-state index contributed by atoms with van der Waals surface area (Å²) >= 11 is 0. The molecular weight excluding hydrogens is 186 g/mol. The van der Waals surface area contributed by atoms with E-state index in [2.05, 4.69) is 0 Å². The van der Waals surface area contributed by atoms with Crippen LogP contribution in [0.1, 0.15) is 10.4 Å². The van der Waals surface area contributed by atoms with E-state index in [1.807, 2.05) is 0 Å². The molecule has 0 aromatic heterocycles. The second-order valence-corrected chi connectivity index (χ2v) is 2.57. The Morgan fingerprint density at radius 2 is 1.86 bits per heavy atom. The molecule has 0 radical (unpaired) electrons. The molecule has 0 fully saturated rings. The SMILES string of the molecule is NC(=O)c1ccc(OCC(=O)O)cc1. The van der Waals surface area contributed by atoms with Crippen molar-refractivity contribution in [2.45, 2.75) is 0 Å². The normalized spacial score (nSPS) is 9.43. The van der Waals surface area contributed by atoms with Gasteiger partial charge >= 0.3 is 5.97 Å². The summed E-state index contributed by atoms with van der Waals surface area (Å²) in [5, 5.41) is 8.32. The molecule has 1 rings (SSSR count). The number of nitrogens with two attached hydrogens (primary N) is 1. The number of amides is 1. The highest BCUT2D eigenvalue weighted by Gasteiger charge is 2.01. The summed E-state index contributed by atoms with van der Waals surface area (Å²) in [5.41, 5.74) is 5.37. The van der Waals surface area contributed by atoms with Crippen LogP contribution in [0.4, 0.5) is 0 Å². The summed E-state index contributed by atoms with van der Waals surface area (Å²) in [7, 11) is 0. The number of rotatable bonds is 4. The maximum Gasteiger partial charge on any atom is 0.341 e. The first-order valence-corrected chi connectivity index (χ1v) is 3.84. The molecule has 5 heteroatoms. The lowest BCUT2D eigenvalue weighted by Gasteiger charge is -2.02. The fourth-order valence-corrected chi connectivity index (χ4v) is 0.860. The van der Waals surface area contributed by atoms with Crippen LogP contribution in [0.25, 0.3) is 0 Å². The molecule has 0 bridgehead atoms. The molecule has 0 aliphatic rings. The first-order chi connectivity index (χ1) is 6.59. The molecule has 5 nitrogen and oxygen atoms in total. The van der Waals surface area contributed by atoms with Gasteiger partial charge in [0.05, 0.1) is 0 Å². The van der Waals surface area contributed by atoms with Crippen molar-refractivity contribution in [3.05, 3.63) is 29.8 Å². The van der Waals surface area contributed by atoms with Gasteiger partial charge in [0.15, 0.2) is 6.61 Å². The van der Waals surface area contributed by atoms with Crippen LogP contribution in [0.2, 0.25) is 0 Å². The van der Waals surface area contributed by atoms with E-state index in [1.165, 1.54) is 24.3 Å². The van der Waals surface area contributed by atoms with Crippen LogP contribution in [0, 0.1) is 0 Å². The van der Waals surface area contributed by atoms with E-state index in [1.54, 1.807) is 0 Å². The molecule has 74 valence electrons. The summed E-state index contributed by atoms with van der Waals surface area (Å²) in [6, 6.07) is 5.92. The summed E-state index contributed by atoms with van der Waals surface area (Å²) in [6.45, 7) is -0.407. The highest BCUT2D eigenvalue weighted by molar-refractivity contribution is 5.92. The van der Waals surface area contributed by atoms with Crippen LogP contribution in [0.3, 0.4) is 0 Å². The quantitative estimate of drug-likeness (QED) is 0.720. The minimum Gasteiger partial charge on any atom is -0.482 e. The predicted molar refractivity (Wildman–Crippen MR) is 48.1 cm³/mol. The predicted octanol–water partition coefficient (Wildman–Crippen LogP) is 0.249. The van der Waals surface area contributed by atoms with Gasteiger partial charge in [0.2, 0.25) is 5.91 Å². The molecule has 0 heterocycles. The lowest BCUT2D eigenvalue weighted by molar-refractivity contribution is -0.139. The number of hydrogen-bond donors (Lipinski definition) is 2. The van der Waals surface area contributed by atoms with Crippen LogP contribution in [-0.2, 0) is 4.79 Å². The van der Waals surface area contributed by atoms with E-state index < -0.39 is 18.5 Å². The third-order valence-corrected chi connectivity index (χ3v) is 1.50. The third-order valence-electron chi connectivity index (χ3n) is 1.50. The molecule has 0 aliphatic carbocycles. The average Bonchev–Trinajstić information content (AvgIpc) is 2.15. The molecule has 0 saturated carbocycles. The van der Waals surface area contributed by atoms with Crippen molar-refractivity contribution in [1.82, 2.24) is 0 Å². The third kappa shape index (κ3) is 2.78. The second-order valence-electron chi connectivity index (χ2n) is 2.57. The lowest BCUT2D eigenvalue weighted by Crippen LogP contribution is -2.11. The van der Waals surface area contributed by atoms with E-state index in [9.17, 15) is 9.59 Å². The fraction of sp³-hybridized carbons (Fsp3) is 0.111. The van der Waals surface area contributed by atoms with Gasteiger partial charge in [0.25, 0.3) is 0 Å². The van der Waals surface area contributed by atoms with Gasteiger partial charge in [0, 0.05) is 5.56 Å². The standard InChI is InChI=1S/C9H9NO4/c10-9(13)6-1-3-7(4-2-6)14-5-8(11)12/h1-4H,5H2,(H2,10,13)(H,11,12). The van der Waals surface area contributed by atoms with Crippen molar-refractivity contribution in [2.24, 2.45) is 5.73 Å². The Kier molecular flexibility index (Phi) is 3.06. The van der Waals surface area contributed by atoms with Gasteiger partial charge < -0.3 is 15.6 Å². The van der Waals surface area contributed by atoms with Gasteiger partial charge in [-0.2, -0.15) is 0 Å². The number of carboxylic acid groups (broad SMARTS) is 1. The zero-order valence-electron chi connectivity index (χ0n) is 7.27. The van der Waals surface area contributed by atoms with E-state index in [-0.39, 0.29) is 0 Å². The van der Waals surface area contributed by atoms with Gasteiger partial charge in [-0.1, -0.05) is 0 Å². The van der Waals surface area contributed by atoms with Gasteiger partial charge in [-0.15, -0.1) is 0 Å². The van der Waals surface area contributed by atoms with Crippen LogP contribution in [0.5, 0.6) is 5.75 Å². The zero-order valence-corrected chi connectivity index (χ0v) is 7.27. The number of ether oxygens (including phenoxy) is 1. The minimum atomic E-state index is -1.05. The topological polar surface area (TPSA) is 89.6 Å². The smallest absolute Gasteiger partial charge is 0.341 e. The molecular formula is C9H9NO4. The van der Waals surface area contributed by atoms with Gasteiger partial charge in [-0.05, 0) is 24.3 Å². The average molecular weight is 195 g/mol. The summed E-state index contributed by atoms with van der Waals surface area (Å²) in [5.74, 6) is -1.20. The minimum absolute atomic E-state index is 0.354. The van der Waals surface area contributed by atoms with E-state index >= 15 is 0 Å². The number of aliphatic carboxylic acids is 1. The Balaban J connectivity index is 2.64.